The number of nitrogens with one attached hydrogen (secondary N) is 1. The quantitative estimate of drug-likeness (QED) is 0.921. The van der Waals surface area contributed by atoms with Crippen molar-refractivity contribution in [3.8, 4) is 0 Å². The van der Waals surface area contributed by atoms with Gasteiger partial charge in [0.05, 0.1) is 6.04 Å². The molecule has 1 aromatic heterocycles. The first-order chi connectivity index (χ1) is 11.3. The standard InChI is InChI=1S/C19H23N3O/c1-2-22-14-17-8-4-3-7-16(17)12-18(22)19(23)21-11-9-15-6-5-10-20-13-15/h3-8,10,13,18H,2,9,11-12,14H2,1H3,(H,21,23). The lowest BCUT2D eigenvalue weighted by Crippen LogP contribution is -2.50. The fourth-order valence-corrected chi connectivity index (χ4v) is 3.16. The molecule has 4 heteroatoms. The average molecular weight is 309 g/mol. The van der Waals surface area contributed by atoms with E-state index in [1.54, 1.807) is 6.20 Å². The van der Waals surface area contributed by atoms with Crippen LogP contribution in [0.25, 0.3) is 0 Å². The normalized spacial score (nSPS) is 17.5. The van der Waals surface area contributed by atoms with Gasteiger partial charge in [0, 0.05) is 25.5 Å². The maximum atomic E-state index is 12.6. The molecule has 0 spiro atoms. The van der Waals surface area contributed by atoms with Crippen molar-refractivity contribution in [3.63, 3.8) is 0 Å². The van der Waals surface area contributed by atoms with Crippen LogP contribution in [-0.4, -0.2) is 34.9 Å². The molecule has 3 rings (SSSR count). The molecule has 1 aliphatic rings. The molecule has 1 N–H and O–H groups in total. The third-order valence-electron chi connectivity index (χ3n) is 4.49. The van der Waals surface area contributed by atoms with Gasteiger partial charge in [-0.25, -0.2) is 0 Å². The minimum absolute atomic E-state index is 0.0659. The predicted molar refractivity (Wildman–Crippen MR) is 91.0 cm³/mol. The largest absolute Gasteiger partial charge is 0.354 e. The van der Waals surface area contributed by atoms with Crippen LogP contribution in [0.1, 0.15) is 23.6 Å². The highest BCUT2D eigenvalue weighted by Gasteiger charge is 2.29. The van der Waals surface area contributed by atoms with Gasteiger partial charge < -0.3 is 5.32 Å². The van der Waals surface area contributed by atoms with Crippen LogP contribution >= 0.6 is 0 Å². The number of rotatable bonds is 5. The molecule has 0 radical (unpaired) electrons. The van der Waals surface area contributed by atoms with E-state index >= 15 is 0 Å². The van der Waals surface area contributed by atoms with Gasteiger partial charge in [-0.1, -0.05) is 37.3 Å². The van der Waals surface area contributed by atoms with Crippen LogP contribution < -0.4 is 5.32 Å². The third-order valence-corrected chi connectivity index (χ3v) is 4.49. The molecule has 1 unspecified atom stereocenters. The van der Waals surface area contributed by atoms with Crippen molar-refractivity contribution in [2.24, 2.45) is 0 Å². The molecule has 23 heavy (non-hydrogen) atoms. The van der Waals surface area contributed by atoms with Crippen molar-refractivity contribution in [1.29, 1.82) is 0 Å². The van der Waals surface area contributed by atoms with Crippen LogP contribution in [-0.2, 0) is 24.2 Å². The molecule has 0 fully saturated rings. The molecule has 2 heterocycles. The van der Waals surface area contributed by atoms with Crippen molar-refractivity contribution < 1.29 is 4.79 Å². The lowest BCUT2D eigenvalue weighted by molar-refractivity contribution is -0.126. The van der Waals surface area contributed by atoms with Gasteiger partial charge in [-0.2, -0.15) is 0 Å². The second-order valence-electron chi connectivity index (χ2n) is 5.95. The minimum atomic E-state index is -0.0659. The smallest absolute Gasteiger partial charge is 0.237 e. The Morgan fingerprint density at radius 1 is 1.26 bits per heavy atom. The van der Waals surface area contributed by atoms with Crippen LogP contribution in [0.15, 0.2) is 48.8 Å². The van der Waals surface area contributed by atoms with E-state index in [4.69, 9.17) is 0 Å². The van der Waals surface area contributed by atoms with Crippen molar-refractivity contribution in [2.75, 3.05) is 13.1 Å². The molecule has 2 aromatic rings. The number of amides is 1. The first-order valence-corrected chi connectivity index (χ1v) is 8.25. The van der Waals surface area contributed by atoms with Gasteiger partial charge in [-0.05, 0) is 42.1 Å². The summed E-state index contributed by atoms with van der Waals surface area (Å²) in [7, 11) is 0. The Hall–Kier alpha value is -2.20. The number of likely N-dealkylation sites (N-methyl/N-ethyl adjacent to an activating group) is 1. The molecule has 0 bridgehead atoms. The van der Waals surface area contributed by atoms with E-state index in [0.717, 1.165) is 31.5 Å². The Morgan fingerprint density at radius 2 is 2.09 bits per heavy atom. The molecule has 0 saturated heterocycles. The van der Waals surface area contributed by atoms with Gasteiger partial charge in [0.2, 0.25) is 5.91 Å². The first-order valence-electron chi connectivity index (χ1n) is 8.25. The molecule has 0 aliphatic carbocycles. The number of nitrogens with zero attached hydrogens (tertiary/aromatic N) is 2. The molecule has 1 aliphatic heterocycles. The number of benzene rings is 1. The SMILES string of the molecule is CCN1Cc2ccccc2CC1C(=O)NCCc1cccnc1. The number of carbonyl (C=O) groups is 1. The lowest BCUT2D eigenvalue weighted by atomic mass is 9.93. The zero-order valence-corrected chi connectivity index (χ0v) is 13.5. The highest BCUT2D eigenvalue weighted by atomic mass is 16.2. The summed E-state index contributed by atoms with van der Waals surface area (Å²) in [5.74, 6) is 0.130. The Morgan fingerprint density at radius 3 is 2.83 bits per heavy atom. The Labute approximate surface area is 137 Å². The summed E-state index contributed by atoms with van der Waals surface area (Å²) >= 11 is 0. The number of hydrogen-bond donors (Lipinski definition) is 1. The van der Waals surface area contributed by atoms with Crippen molar-refractivity contribution in [3.05, 3.63) is 65.5 Å². The van der Waals surface area contributed by atoms with E-state index in [9.17, 15) is 4.79 Å². The van der Waals surface area contributed by atoms with Crippen LogP contribution in [0.2, 0.25) is 0 Å². The summed E-state index contributed by atoms with van der Waals surface area (Å²) in [5.41, 5.74) is 3.78. The molecule has 1 aromatic carbocycles. The fourth-order valence-electron chi connectivity index (χ4n) is 3.16. The van der Waals surface area contributed by atoms with Gasteiger partial charge in [-0.3, -0.25) is 14.7 Å². The summed E-state index contributed by atoms with van der Waals surface area (Å²) in [4.78, 5) is 19.0. The molecule has 1 amide bonds. The van der Waals surface area contributed by atoms with Crippen molar-refractivity contribution >= 4 is 5.91 Å². The second kappa shape index (κ2) is 7.38. The number of hydrogen-bond acceptors (Lipinski definition) is 3. The molecule has 120 valence electrons. The Balaban J connectivity index is 1.60. The topological polar surface area (TPSA) is 45.2 Å². The third kappa shape index (κ3) is 3.77. The summed E-state index contributed by atoms with van der Waals surface area (Å²) < 4.78 is 0. The van der Waals surface area contributed by atoms with Crippen molar-refractivity contribution in [2.45, 2.75) is 32.4 Å². The maximum absolute atomic E-state index is 12.6. The minimum Gasteiger partial charge on any atom is -0.354 e. The maximum Gasteiger partial charge on any atom is 0.237 e. The predicted octanol–water partition coefficient (Wildman–Crippen LogP) is 2.19. The zero-order valence-electron chi connectivity index (χ0n) is 13.5. The molecular weight excluding hydrogens is 286 g/mol. The monoisotopic (exact) mass is 309 g/mol. The average Bonchev–Trinajstić information content (AvgIpc) is 2.61. The zero-order chi connectivity index (χ0) is 16.1. The van der Waals surface area contributed by atoms with Gasteiger partial charge in [0.15, 0.2) is 0 Å². The number of aromatic nitrogens is 1. The summed E-state index contributed by atoms with van der Waals surface area (Å²) in [6.45, 7) is 4.51. The summed E-state index contributed by atoms with van der Waals surface area (Å²) in [6.07, 6.45) is 5.22. The highest BCUT2D eigenvalue weighted by molar-refractivity contribution is 5.82. The summed E-state index contributed by atoms with van der Waals surface area (Å²) in [5, 5.41) is 3.09. The molecular formula is C19H23N3O. The number of carbonyl (C=O) groups excluding carboxylic acids is 1. The van der Waals surface area contributed by atoms with E-state index in [1.165, 1.54) is 11.1 Å². The fraction of sp³-hybridized carbons (Fsp3) is 0.368. The van der Waals surface area contributed by atoms with Gasteiger partial charge >= 0.3 is 0 Å². The van der Waals surface area contributed by atoms with Crippen LogP contribution in [0, 0.1) is 0 Å². The van der Waals surface area contributed by atoms with E-state index < -0.39 is 0 Å². The van der Waals surface area contributed by atoms with Crippen LogP contribution in [0.3, 0.4) is 0 Å². The number of fused-ring (bicyclic) bond motifs is 1. The van der Waals surface area contributed by atoms with Crippen LogP contribution in [0.4, 0.5) is 0 Å². The van der Waals surface area contributed by atoms with E-state index in [0.29, 0.717) is 6.54 Å². The van der Waals surface area contributed by atoms with Gasteiger partial charge in [-0.15, -0.1) is 0 Å². The first kappa shape index (κ1) is 15.7. The van der Waals surface area contributed by atoms with Crippen LogP contribution in [0.5, 0.6) is 0 Å². The number of pyridine rings is 1. The van der Waals surface area contributed by atoms with Crippen molar-refractivity contribution in [1.82, 2.24) is 15.2 Å². The second-order valence-corrected chi connectivity index (χ2v) is 5.95. The lowest BCUT2D eigenvalue weighted by Gasteiger charge is -2.35. The Bertz CT molecular complexity index is 657. The molecule has 4 nitrogen and oxygen atoms in total. The Kier molecular flexibility index (Phi) is 5.03. The van der Waals surface area contributed by atoms with E-state index in [2.05, 4.69) is 46.4 Å². The van der Waals surface area contributed by atoms with Gasteiger partial charge in [0.1, 0.15) is 0 Å². The van der Waals surface area contributed by atoms with Gasteiger partial charge in [0.25, 0.3) is 0 Å². The summed E-state index contributed by atoms with van der Waals surface area (Å²) in [6, 6.07) is 12.3. The molecule has 0 saturated carbocycles. The highest BCUT2D eigenvalue weighted by Crippen LogP contribution is 2.23. The van der Waals surface area contributed by atoms with E-state index in [-0.39, 0.29) is 11.9 Å². The molecule has 1 atom stereocenters. The van der Waals surface area contributed by atoms with E-state index in [1.807, 2.05) is 18.3 Å².